The summed E-state index contributed by atoms with van der Waals surface area (Å²) < 4.78 is 0. The lowest BCUT2D eigenvalue weighted by Crippen LogP contribution is -2.33. The summed E-state index contributed by atoms with van der Waals surface area (Å²) in [5.74, 6) is -0.172. The summed E-state index contributed by atoms with van der Waals surface area (Å²) >= 11 is 0. The normalized spacial score (nSPS) is 15.5. The third kappa shape index (κ3) is 5.17. The highest BCUT2D eigenvalue weighted by molar-refractivity contribution is 5.93. The van der Waals surface area contributed by atoms with Crippen LogP contribution in [0.5, 0.6) is 0 Å². The van der Waals surface area contributed by atoms with E-state index in [0.717, 1.165) is 12.1 Å². The summed E-state index contributed by atoms with van der Waals surface area (Å²) in [6, 6.07) is 9.36. The lowest BCUT2D eigenvalue weighted by Gasteiger charge is -2.25. The van der Waals surface area contributed by atoms with Gasteiger partial charge in [-0.2, -0.15) is 0 Å². The van der Waals surface area contributed by atoms with Gasteiger partial charge in [0.05, 0.1) is 6.42 Å². The van der Waals surface area contributed by atoms with E-state index in [1.54, 1.807) is 4.90 Å². The zero-order valence-corrected chi connectivity index (χ0v) is 13.0. The third-order valence-electron chi connectivity index (χ3n) is 4.41. The molecule has 4 heteroatoms. The van der Waals surface area contributed by atoms with Crippen LogP contribution in [0.1, 0.15) is 51.4 Å². The minimum atomic E-state index is -0.874. The van der Waals surface area contributed by atoms with Gasteiger partial charge in [-0.25, -0.2) is 0 Å². The number of carboxylic acids is 1. The highest BCUT2D eigenvalue weighted by atomic mass is 16.4. The molecule has 1 aromatic carbocycles. The summed E-state index contributed by atoms with van der Waals surface area (Å²) in [5.41, 5.74) is 0.789. The summed E-state index contributed by atoms with van der Waals surface area (Å²) in [6.07, 6.45) is 7.75. The molecule has 0 aliphatic heterocycles. The second-order valence-electron chi connectivity index (χ2n) is 6.07. The van der Waals surface area contributed by atoms with Crippen LogP contribution >= 0.6 is 0 Å². The van der Waals surface area contributed by atoms with Crippen LogP contribution in [0.15, 0.2) is 30.3 Å². The second-order valence-corrected chi connectivity index (χ2v) is 6.07. The van der Waals surface area contributed by atoms with Crippen molar-refractivity contribution in [1.29, 1.82) is 0 Å². The monoisotopic (exact) mass is 303 g/mol. The van der Waals surface area contributed by atoms with E-state index in [1.165, 1.54) is 32.1 Å². The Balaban J connectivity index is 1.94. The number of anilines is 1. The number of para-hydroxylation sites is 1. The van der Waals surface area contributed by atoms with Crippen molar-refractivity contribution < 1.29 is 14.7 Å². The molecule has 0 spiro atoms. The van der Waals surface area contributed by atoms with Crippen molar-refractivity contribution >= 4 is 17.6 Å². The fourth-order valence-corrected chi connectivity index (χ4v) is 3.15. The number of carboxylic acid groups (broad SMARTS) is 1. The molecule has 4 nitrogen and oxygen atoms in total. The van der Waals surface area contributed by atoms with E-state index in [9.17, 15) is 9.59 Å². The van der Waals surface area contributed by atoms with Gasteiger partial charge in [-0.3, -0.25) is 9.59 Å². The van der Waals surface area contributed by atoms with Gasteiger partial charge in [0.2, 0.25) is 5.91 Å². The fourth-order valence-electron chi connectivity index (χ4n) is 3.15. The van der Waals surface area contributed by atoms with Gasteiger partial charge >= 0.3 is 5.97 Å². The van der Waals surface area contributed by atoms with Crippen LogP contribution in [0.4, 0.5) is 5.69 Å². The first kappa shape index (κ1) is 16.5. The molecule has 0 atom stereocenters. The standard InChI is InChI=1S/C18H25NO3/c20-17(12-11-15-7-3-1-4-8-15)19(14-13-18(21)22)16-9-5-2-6-10-16/h2,5-6,9-10,15H,1,3-4,7-8,11-14H2,(H,21,22). The molecular weight excluding hydrogens is 278 g/mol. The van der Waals surface area contributed by atoms with Gasteiger partial charge in [-0.05, 0) is 24.5 Å². The molecule has 2 rings (SSSR count). The number of nitrogens with zero attached hydrogens (tertiary/aromatic N) is 1. The summed E-state index contributed by atoms with van der Waals surface area (Å²) in [4.78, 5) is 25.0. The average Bonchev–Trinajstić information content (AvgIpc) is 2.55. The first-order valence-corrected chi connectivity index (χ1v) is 8.24. The first-order valence-electron chi connectivity index (χ1n) is 8.24. The fraction of sp³-hybridized carbons (Fsp3) is 0.556. The van der Waals surface area contributed by atoms with Gasteiger partial charge in [0.1, 0.15) is 0 Å². The van der Waals surface area contributed by atoms with Crippen molar-refractivity contribution in [2.45, 2.75) is 51.4 Å². The zero-order chi connectivity index (χ0) is 15.8. The Labute approximate surface area is 132 Å². The summed E-state index contributed by atoms with van der Waals surface area (Å²) in [6.45, 7) is 0.239. The van der Waals surface area contributed by atoms with Crippen LogP contribution in [0, 0.1) is 5.92 Å². The molecule has 1 saturated carbocycles. The predicted molar refractivity (Wildman–Crippen MR) is 86.9 cm³/mol. The Morgan fingerprint density at radius 2 is 1.73 bits per heavy atom. The number of carbonyl (C=O) groups is 2. The number of amides is 1. The Morgan fingerprint density at radius 3 is 2.36 bits per heavy atom. The van der Waals surface area contributed by atoms with E-state index in [2.05, 4.69) is 0 Å². The van der Waals surface area contributed by atoms with Crippen LogP contribution in [-0.2, 0) is 9.59 Å². The van der Waals surface area contributed by atoms with Gasteiger partial charge in [0.15, 0.2) is 0 Å². The first-order chi connectivity index (χ1) is 10.7. The number of aliphatic carboxylic acids is 1. The van der Waals surface area contributed by atoms with Gasteiger partial charge < -0.3 is 10.0 Å². The van der Waals surface area contributed by atoms with Crippen LogP contribution in [0.2, 0.25) is 0 Å². The second kappa shape index (κ2) is 8.57. The van der Waals surface area contributed by atoms with Crippen LogP contribution in [-0.4, -0.2) is 23.5 Å². The molecule has 1 N–H and O–H groups in total. The molecule has 0 heterocycles. The van der Waals surface area contributed by atoms with Gasteiger partial charge in [-0.1, -0.05) is 50.3 Å². The number of hydrogen-bond donors (Lipinski definition) is 1. The highest BCUT2D eigenvalue weighted by Gasteiger charge is 2.19. The van der Waals surface area contributed by atoms with E-state index in [1.807, 2.05) is 30.3 Å². The minimum Gasteiger partial charge on any atom is -0.481 e. The van der Waals surface area contributed by atoms with Crippen molar-refractivity contribution in [3.63, 3.8) is 0 Å². The Hall–Kier alpha value is -1.84. The smallest absolute Gasteiger partial charge is 0.305 e. The molecule has 1 fully saturated rings. The van der Waals surface area contributed by atoms with Crippen molar-refractivity contribution in [2.75, 3.05) is 11.4 Å². The lowest BCUT2D eigenvalue weighted by atomic mass is 9.86. The summed E-state index contributed by atoms with van der Waals surface area (Å²) in [5, 5.41) is 8.89. The van der Waals surface area contributed by atoms with Gasteiger partial charge in [-0.15, -0.1) is 0 Å². The van der Waals surface area contributed by atoms with Crippen molar-refractivity contribution in [2.24, 2.45) is 5.92 Å². The third-order valence-corrected chi connectivity index (χ3v) is 4.41. The zero-order valence-electron chi connectivity index (χ0n) is 13.0. The van der Waals surface area contributed by atoms with Crippen molar-refractivity contribution in [3.05, 3.63) is 30.3 Å². The molecule has 0 bridgehead atoms. The maximum atomic E-state index is 12.5. The van der Waals surface area contributed by atoms with E-state index in [0.29, 0.717) is 12.3 Å². The topological polar surface area (TPSA) is 57.6 Å². The molecule has 0 unspecified atom stereocenters. The lowest BCUT2D eigenvalue weighted by molar-refractivity contribution is -0.136. The number of benzene rings is 1. The maximum absolute atomic E-state index is 12.5. The number of carbonyl (C=O) groups excluding carboxylic acids is 1. The van der Waals surface area contributed by atoms with E-state index in [4.69, 9.17) is 5.11 Å². The number of hydrogen-bond acceptors (Lipinski definition) is 2. The minimum absolute atomic E-state index is 0.0237. The summed E-state index contributed by atoms with van der Waals surface area (Å²) in [7, 11) is 0. The Bertz CT molecular complexity index is 480. The molecule has 22 heavy (non-hydrogen) atoms. The van der Waals surface area contributed by atoms with E-state index >= 15 is 0 Å². The molecular formula is C18H25NO3. The van der Waals surface area contributed by atoms with Crippen molar-refractivity contribution in [3.8, 4) is 0 Å². The van der Waals surface area contributed by atoms with Gasteiger partial charge in [0.25, 0.3) is 0 Å². The van der Waals surface area contributed by atoms with E-state index in [-0.39, 0.29) is 18.9 Å². The molecule has 1 aromatic rings. The Kier molecular flexibility index (Phi) is 6.44. The van der Waals surface area contributed by atoms with Crippen LogP contribution in [0.25, 0.3) is 0 Å². The maximum Gasteiger partial charge on any atom is 0.305 e. The molecule has 1 aliphatic rings. The molecule has 0 saturated heterocycles. The van der Waals surface area contributed by atoms with Crippen LogP contribution in [0.3, 0.4) is 0 Å². The van der Waals surface area contributed by atoms with Crippen LogP contribution < -0.4 is 4.90 Å². The highest BCUT2D eigenvalue weighted by Crippen LogP contribution is 2.28. The van der Waals surface area contributed by atoms with Gasteiger partial charge in [0, 0.05) is 18.7 Å². The SMILES string of the molecule is O=C(O)CCN(C(=O)CCC1CCCCC1)c1ccccc1. The number of rotatable bonds is 7. The quantitative estimate of drug-likeness (QED) is 0.832. The Morgan fingerprint density at radius 1 is 1.05 bits per heavy atom. The largest absolute Gasteiger partial charge is 0.481 e. The predicted octanol–water partition coefficient (Wildman–Crippen LogP) is 3.85. The molecule has 1 amide bonds. The van der Waals surface area contributed by atoms with E-state index < -0.39 is 5.97 Å². The van der Waals surface area contributed by atoms with Crippen molar-refractivity contribution in [1.82, 2.24) is 0 Å². The average molecular weight is 303 g/mol. The molecule has 0 aromatic heterocycles. The molecule has 1 aliphatic carbocycles. The molecule has 0 radical (unpaired) electrons. The molecule has 120 valence electrons.